The van der Waals surface area contributed by atoms with Crippen molar-refractivity contribution < 1.29 is 28.2 Å². The lowest BCUT2D eigenvalue weighted by Crippen LogP contribution is -2.42. The number of ether oxygens (including phenoxy) is 1. The van der Waals surface area contributed by atoms with Crippen molar-refractivity contribution in [3.8, 4) is 0 Å². The summed E-state index contributed by atoms with van der Waals surface area (Å²) in [5, 5.41) is 13.7. The average molecular weight is 302 g/mol. The van der Waals surface area contributed by atoms with Gasteiger partial charge in [-0.05, 0) is 5.56 Å². The van der Waals surface area contributed by atoms with Crippen LogP contribution >= 0.6 is 0 Å². The van der Waals surface area contributed by atoms with Gasteiger partial charge in [-0.1, -0.05) is 30.3 Å². The summed E-state index contributed by atoms with van der Waals surface area (Å²) >= 11 is 0. The van der Waals surface area contributed by atoms with E-state index in [1.165, 1.54) is 0 Å². The molecule has 3 N–H and O–H groups in total. The Balaban J connectivity index is 2.39. The molecule has 0 saturated heterocycles. The quantitative estimate of drug-likeness (QED) is 0.633. The summed E-state index contributed by atoms with van der Waals surface area (Å²) in [6.45, 7) is -0.786. The zero-order valence-electron chi connectivity index (χ0n) is 11.1. The molecule has 1 unspecified atom stereocenters. The molecule has 1 atom stereocenters. The van der Waals surface area contributed by atoms with Gasteiger partial charge in [-0.15, -0.1) is 0 Å². The van der Waals surface area contributed by atoms with Crippen molar-refractivity contribution in [1.82, 2.24) is 10.6 Å². The fourth-order valence-corrected chi connectivity index (χ4v) is 1.52. The molecular formula is C13H16F2N2O4. The zero-order chi connectivity index (χ0) is 15.7. The van der Waals surface area contributed by atoms with E-state index in [4.69, 9.17) is 5.11 Å². The lowest BCUT2D eigenvalue weighted by atomic mass is 10.1. The number of carboxylic acids is 1. The van der Waals surface area contributed by atoms with Crippen molar-refractivity contribution >= 4 is 12.0 Å². The first-order valence-corrected chi connectivity index (χ1v) is 6.18. The van der Waals surface area contributed by atoms with E-state index in [0.29, 0.717) is 5.56 Å². The van der Waals surface area contributed by atoms with E-state index in [9.17, 15) is 18.4 Å². The molecule has 1 aromatic carbocycles. The summed E-state index contributed by atoms with van der Waals surface area (Å²) in [4.78, 5) is 22.7. The van der Waals surface area contributed by atoms with Crippen molar-refractivity contribution in [2.24, 2.45) is 0 Å². The molecule has 0 aliphatic carbocycles. The van der Waals surface area contributed by atoms with Gasteiger partial charge in [0.15, 0.2) is 6.04 Å². The minimum Gasteiger partial charge on any atom is -0.479 e. The predicted octanol–water partition coefficient (Wildman–Crippen LogP) is 1.39. The second-order valence-corrected chi connectivity index (χ2v) is 4.05. The van der Waals surface area contributed by atoms with Gasteiger partial charge in [0, 0.05) is 6.54 Å². The summed E-state index contributed by atoms with van der Waals surface area (Å²) in [6.07, 6.45) is -2.56. The number of aliphatic carboxylic acids is 1. The van der Waals surface area contributed by atoms with Crippen molar-refractivity contribution in [2.45, 2.75) is 12.5 Å². The van der Waals surface area contributed by atoms with E-state index in [1.54, 1.807) is 30.3 Å². The summed E-state index contributed by atoms with van der Waals surface area (Å²) in [5.41, 5.74) is 0.425. The number of carbonyl (C=O) groups is 2. The highest BCUT2D eigenvalue weighted by atomic mass is 19.3. The Bertz CT molecular complexity index is 457. The van der Waals surface area contributed by atoms with Gasteiger partial charge in [0.2, 0.25) is 0 Å². The monoisotopic (exact) mass is 302 g/mol. The Morgan fingerprint density at radius 3 is 2.48 bits per heavy atom. The fraction of sp³-hybridized carbons (Fsp3) is 0.385. The van der Waals surface area contributed by atoms with Gasteiger partial charge < -0.3 is 20.5 Å². The molecule has 0 bridgehead atoms. The Morgan fingerprint density at radius 1 is 1.24 bits per heavy atom. The van der Waals surface area contributed by atoms with Crippen LogP contribution in [0, 0.1) is 0 Å². The van der Waals surface area contributed by atoms with Crippen molar-refractivity contribution in [1.29, 1.82) is 0 Å². The van der Waals surface area contributed by atoms with Gasteiger partial charge in [0.25, 0.3) is 6.43 Å². The molecule has 2 amide bonds. The van der Waals surface area contributed by atoms with Gasteiger partial charge in [0.05, 0.1) is 6.61 Å². The third-order valence-electron chi connectivity index (χ3n) is 2.43. The van der Waals surface area contributed by atoms with Crippen LogP contribution in [0.1, 0.15) is 11.6 Å². The van der Waals surface area contributed by atoms with Crippen molar-refractivity contribution in [3.05, 3.63) is 35.9 Å². The highest BCUT2D eigenvalue weighted by Gasteiger charge is 2.21. The summed E-state index contributed by atoms with van der Waals surface area (Å²) in [6, 6.07) is 6.28. The molecule has 1 aromatic rings. The number of hydrogen-bond donors (Lipinski definition) is 3. The van der Waals surface area contributed by atoms with Gasteiger partial charge in [-0.2, -0.15) is 0 Å². The van der Waals surface area contributed by atoms with Gasteiger partial charge >= 0.3 is 12.0 Å². The van der Waals surface area contributed by atoms with Crippen LogP contribution in [0.4, 0.5) is 13.6 Å². The number of hydrogen-bond acceptors (Lipinski definition) is 3. The second kappa shape index (κ2) is 8.85. The maximum absolute atomic E-state index is 11.8. The largest absolute Gasteiger partial charge is 0.479 e. The van der Waals surface area contributed by atoms with E-state index in [0.717, 1.165) is 0 Å². The molecule has 8 heteroatoms. The lowest BCUT2D eigenvalue weighted by molar-refractivity contribution is -0.139. The topological polar surface area (TPSA) is 87.7 Å². The minimum atomic E-state index is -2.56. The number of rotatable bonds is 8. The Morgan fingerprint density at radius 2 is 1.90 bits per heavy atom. The maximum Gasteiger partial charge on any atom is 0.330 e. The van der Waals surface area contributed by atoms with Crippen LogP contribution in [-0.4, -0.2) is 43.3 Å². The molecule has 6 nitrogen and oxygen atoms in total. The molecule has 0 spiro atoms. The molecule has 0 saturated carbocycles. The number of carbonyl (C=O) groups excluding carboxylic acids is 1. The number of benzene rings is 1. The van der Waals surface area contributed by atoms with E-state index in [-0.39, 0.29) is 13.2 Å². The van der Waals surface area contributed by atoms with Crippen LogP contribution in [0.25, 0.3) is 0 Å². The number of urea groups is 1. The molecule has 116 valence electrons. The summed E-state index contributed by atoms with van der Waals surface area (Å²) in [5.74, 6) is -1.20. The second-order valence-electron chi connectivity index (χ2n) is 4.05. The molecular weight excluding hydrogens is 286 g/mol. The number of carboxylic acid groups (broad SMARTS) is 1. The summed E-state index contributed by atoms with van der Waals surface area (Å²) < 4.78 is 28.1. The van der Waals surface area contributed by atoms with E-state index in [1.807, 2.05) is 0 Å². The van der Waals surface area contributed by atoms with Gasteiger partial charge in [0.1, 0.15) is 6.61 Å². The van der Waals surface area contributed by atoms with Gasteiger partial charge in [-0.25, -0.2) is 18.4 Å². The first-order chi connectivity index (χ1) is 10.0. The predicted molar refractivity (Wildman–Crippen MR) is 70.2 cm³/mol. The smallest absolute Gasteiger partial charge is 0.330 e. The van der Waals surface area contributed by atoms with Crippen LogP contribution in [-0.2, 0) is 9.53 Å². The SMILES string of the molecule is O=C(NCCOCC(F)F)NC(C(=O)O)c1ccccc1. The number of nitrogens with one attached hydrogen (secondary N) is 2. The van der Waals surface area contributed by atoms with Crippen LogP contribution < -0.4 is 10.6 Å². The van der Waals surface area contributed by atoms with Crippen LogP contribution in [0.5, 0.6) is 0 Å². The molecule has 0 aliphatic heterocycles. The first kappa shape index (κ1) is 16.8. The van der Waals surface area contributed by atoms with E-state index < -0.39 is 31.1 Å². The Kier molecular flexibility index (Phi) is 7.10. The number of halogens is 2. The van der Waals surface area contributed by atoms with E-state index >= 15 is 0 Å². The van der Waals surface area contributed by atoms with Crippen molar-refractivity contribution in [3.63, 3.8) is 0 Å². The highest BCUT2D eigenvalue weighted by Crippen LogP contribution is 2.12. The molecule has 0 aromatic heterocycles. The minimum absolute atomic E-state index is 0.000315. The molecule has 0 radical (unpaired) electrons. The molecule has 0 aliphatic rings. The average Bonchev–Trinajstić information content (AvgIpc) is 2.44. The van der Waals surface area contributed by atoms with E-state index in [2.05, 4.69) is 15.4 Å². The van der Waals surface area contributed by atoms with Crippen LogP contribution in [0.15, 0.2) is 30.3 Å². The Labute approximate surface area is 120 Å². The number of amides is 2. The molecule has 1 rings (SSSR count). The number of alkyl halides is 2. The maximum atomic E-state index is 11.8. The molecule has 21 heavy (non-hydrogen) atoms. The van der Waals surface area contributed by atoms with Crippen LogP contribution in [0.3, 0.4) is 0 Å². The molecule has 0 heterocycles. The first-order valence-electron chi connectivity index (χ1n) is 6.18. The van der Waals surface area contributed by atoms with Crippen molar-refractivity contribution in [2.75, 3.05) is 19.8 Å². The third kappa shape index (κ3) is 6.66. The zero-order valence-corrected chi connectivity index (χ0v) is 11.1. The molecule has 0 fully saturated rings. The summed E-state index contributed by atoms with van der Waals surface area (Å²) in [7, 11) is 0. The van der Waals surface area contributed by atoms with Crippen LogP contribution in [0.2, 0.25) is 0 Å². The fourth-order valence-electron chi connectivity index (χ4n) is 1.52. The Hall–Kier alpha value is -2.22. The highest BCUT2D eigenvalue weighted by molar-refractivity contribution is 5.83. The third-order valence-corrected chi connectivity index (χ3v) is 2.43. The standard InChI is InChI=1S/C13H16F2N2O4/c14-10(15)8-21-7-6-16-13(20)17-11(12(18)19)9-4-2-1-3-5-9/h1-5,10-11H,6-8H2,(H,18,19)(H2,16,17,20). The normalized spacial score (nSPS) is 12.0. The van der Waals surface area contributed by atoms with Gasteiger partial charge in [-0.3, -0.25) is 0 Å². The lowest BCUT2D eigenvalue weighted by Gasteiger charge is -2.15.